The summed E-state index contributed by atoms with van der Waals surface area (Å²) >= 11 is 0. The van der Waals surface area contributed by atoms with Crippen molar-refractivity contribution >= 4 is 17.8 Å². The molecule has 0 saturated carbocycles. The Hall–Kier alpha value is -3.34. The minimum Gasteiger partial charge on any atom is -0.456 e. The summed E-state index contributed by atoms with van der Waals surface area (Å²) in [6, 6.07) is 2.96. The van der Waals surface area contributed by atoms with Gasteiger partial charge in [0, 0.05) is 38.7 Å². The molecule has 0 radical (unpaired) electrons. The number of rotatable bonds is 6. The molecule has 11 heteroatoms. The van der Waals surface area contributed by atoms with Crippen molar-refractivity contribution in [2.45, 2.75) is 64.7 Å². The molecule has 3 rings (SSSR count). The number of nitrogens with one attached hydrogen (secondary N) is 1. The molecule has 5 unspecified atom stereocenters. The average Bonchev–Trinajstić information content (AvgIpc) is 3.16. The third-order valence-corrected chi connectivity index (χ3v) is 4.78. The van der Waals surface area contributed by atoms with E-state index in [0.29, 0.717) is 5.69 Å². The van der Waals surface area contributed by atoms with Crippen LogP contribution >= 0.6 is 0 Å². The second-order valence-electron chi connectivity index (χ2n) is 7.32. The van der Waals surface area contributed by atoms with Crippen molar-refractivity contribution in [1.82, 2.24) is 25.3 Å². The molecule has 31 heavy (non-hydrogen) atoms. The summed E-state index contributed by atoms with van der Waals surface area (Å²) in [6.07, 6.45) is 1.94. The topological polar surface area (TPSA) is 135 Å². The molecule has 1 N–H and O–H groups in total. The first kappa shape index (κ1) is 22.3. The second kappa shape index (κ2) is 9.65. The molecule has 1 amide bonds. The maximum absolute atomic E-state index is 11.8. The van der Waals surface area contributed by atoms with Crippen molar-refractivity contribution < 1.29 is 28.6 Å². The number of esters is 2. The Morgan fingerprint density at radius 3 is 2.48 bits per heavy atom. The molecule has 0 spiro atoms. The second-order valence-corrected chi connectivity index (χ2v) is 7.32. The van der Waals surface area contributed by atoms with E-state index in [1.165, 1.54) is 20.8 Å². The van der Waals surface area contributed by atoms with Crippen LogP contribution in [0.2, 0.25) is 0 Å². The highest BCUT2D eigenvalue weighted by atomic mass is 16.6. The first-order valence-electron chi connectivity index (χ1n) is 9.82. The summed E-state index contributed by atoms with van der Waals surface area (Å²) in [5, 5.41) is 11.0. The van der Waals surface area contributed by atoms with Gasteiger partial charge in [0.15, 0.2) is 12.2 Å². The van der Waals surface area contributed by atoms with Crippen molar-refractivity contribution in [3.05, 3.63) is 30.7 Å². The van der Waals surface area contributed by atoms with E-state index in [1.807, 2.05) is 6.07 Å². The van der Waals surface area contributed by atoms with Crippen molar-refractivity contribution in [3.63, 3.8) is 0 Å². The van der Waals surface area contributed by atoms with Gasteiger partial charge in [0.2, 0.25) is 5.91 Å². The lowest BCUT2D eigenvalue weighted by atomic mass is 9.92. The van der Waals surface area contributed by atoms with Gasteiger partial charge in [-0.2, -0.15) is 0 Å². The van der Waals surface area contributed by atoms with Gasteiger partial charge in [-0.05, 0) is 19.1 Å². The summed E-state index contributed by atoms with van der Waals surface area (Å²) in [6.45, 7) is 5.78. The van der Waals surface area contributed by atoms with Gasteiger partial charge in [0.25, 0.3) is 0 Å². The van der Waals surface area contributed by atoms with Crippen molar-refractivity contribution in [3.8, 4) is 11.3 Å². The minimum absolute atomic E-state index is 0.181. The lowest BCUT2D eigenvalue weighted by Gasteiger charge is -2.44. The van der Waals surface area contributed by atoms with Crippen LogP contribution in [0.4, 0.5) is 0 Å². The van der Waals surface area contributed by atoms with Gasteiger partial charge in [-0.25, -0.2) is 4.68 Å². The standard InChI is InChI=1S/C20H25N5O6/c1-11-18(22-12(2)26)20(31-14(4)28)19(30-13(3)27)17(29-11)10-25-9-16(23-24-25)15-6-5-7-21-8-15/h5-9,11,17-20H,10H2,1-4H3,(H,22,26). The largest absolute Gasteiger partial charge is 0.456 e. The van der Waals surface area contributed by atoms with Gasteiger partial charge < -0.3 is 19.5 Å². The predicted octanol–water partition coefficient (Wildman–Crippen LogP) is 0.495. The molecule has 1 saturated heterocycles. The quantitative estimate of drug-likeness (QED) is 0.649. The molecular formula is C20H25N5O6. The molecule has 0 bridgehead atoms. The summed E-state index contributed by atoms with van der Waals surface area (Å²) < 4.78 is 18.6. The molecular weight excluding hydrogens is 406 g/mol. The van der Waals surface area contributed by atoms with E-state index >= 15 is 0 Å². The average molecular weight is 431 g/mol. The van der Waals surface area contributed by atoms with Crippen molar-refractivity contribution in [1.29, 1.82) is 0 Å². The van der Waals surface area contributed by atoms with Gasteiger partial charge in [-0.15, -0.1) is 5.10 Å². The Balaban J connectivity index is 1.87. The third-order valence-electron chi connectivity index (χ3n) is 4.78. The van der Waals surface area contributed by atoms with Crippen LogP contribution in [0, 0.1) is 0 Å². The van der Waals surface area contributed by atoms with E-state index in [2.05, 4.69) is 20.6 Å². The Kier molecular flexibility index (Phi) is 6.95. The summed E-state index contributed by atoms with van der Waals surface area (Å²) in [5.41, 5.74) is 1.42. The SMILES string of the molecule is CC(=O)NC1C(C)OC(Cn2cc(-c3cccnc3)nn2)C(OC(C)=O)C1OC(C)=O. The van der Waals surface area contributed by atoms with Gasteiger partial charge in [-0.1, -0.05) is 5.21 Å². The van der Waals surface area contributed by atoms with E-state index in [0.717, 1.165) is 5.56 Å². The maximum Gasteiger partial charge on any atom is 0.303 e. The minimum atomic E-state index is -0.958. The molecule has 2 aromatic heterocycles. The molecule has 1 aliphatic rings. The number of hydrogen-bond donors (Lipinski definition) is 1. The number of hydrogen-bond acceptors (Lipinski definition) is 9. The molecule has 5 atom stereocenters. The van der Waals surface area contributed by atoms with Gasteiger partial charge in [0.1, 0.15) is 11.8 Å². The fraction of sp³-hybridized carbons (Fsp3) is 0.500. The van der Waals surface area contributed by atoms with Crippen molar-refractivity contribution in [2.75, 3.05) is 0 Å². The Labute approximate surface area is 179 Å². The Bertz CT molecular complexity index is 933. The van der Waals surface area contributed by atoms with Crippen LogP contribution in [0.15, 0.2) is 30.7 Å². The summed E-state index contributed by atoms with van der Waals surface area (Å²) in [7, 11) is 0. The molecule has 0 aliphatic carbocycles. The van der Waals surface area contributed by atoms with E-state index < -0.39 is 42.4 Å². The van der Waals surface area contributed by atoms with Gasteiger partial charge in [0.05, 0.1) is 24.9 Å². The van der Waals surface area contributed by atoms with E-state index in [-0.39, 0.29) is 12.5 Å². The predicted molar refractivity (Wildman–Crippen MR) is 106 cm³/mol. The first-order valence-corrected chi connectivity index (χ1v) is 9.82. The monoisotopic (exact) mass is 431 g/mol. The van der Waals surface area contributed by atoms with Gasteiger partial charge in [-0.3, -0.25) is 19.4 Å². The first-order chi connectivity index (χ1) is 14.7. The normalized spacial score (nSPS) is 25.5. The number of amides is 1. The molecule has 166 valence electrons. The zero-order chi connectivity index (χ0) is 22.5. The summed E-state index contributed by atoms with van der Waals surface area (Å²) in [4.78, 5) is 39.3. The fourth-order valence-electron chi connectivity index (χ4n) is 3.59. The molecule has 3 heterocycles. The zero-order valence-corrected chi connectivity index (χ0v) is 17.7. The van der Waals surface area contributed by atoms with Crippen LogP contribution in [-0.4, -0.2) is 68.3 Å². The van der Waals surface area contributed by atoms with Crippen LogP contribution in [0.25, 0.3) is 11.3 Å². The summed E-state index contributed by atoms with van der Waals surface area (Å²) in [5.74, 6) is -1.46. The number of carbonyl (C=O) groups excluding carboxylic acids is 3. The number of aromatic nitrogens is 4. The smallest absolute Gasteiger partial charge is 0.303 e. The zero-order valence-electron chi connectivity index (χ0n) is 17.7. The highest BCUT2D eigenvalue weighted by Gasteiger charge is 2.49. The van der Waals surface area contributed by atoms with Crippen molar-refractivity contribution in [2.24, 2.45) is 0 Å². The molecule has 11 nitrogen and oxygen atoms in total. The molecule has 1 fully saturated rings. The number of pyridine rings is 1. The Morgan fingerprint density at radius 2 is 1.87 bits per heavy atom. The number of carbonyl (C=O) groups is 3. The fourth-order valence-corrected chi connectivity index (χ4v) is 3.59. The molecule has 2 aromatic rings. The number of nitrogens with zero attached hydrogens (tertiary/aromatic N) is 4. The van der Waals surface area contributed by atoms with E-state index in [9.17, 15) is 14.4 Å². The lowest BCUT2D eigenvalue weighted by molar-refractivity contribution is -0.215. The van der Waals surface area contributed by atoms with E-state index in [1.54, 1.807) is 36.3 Å². The molecule has 0 aromatic carbocycles. The number of ether oxygens (including phenoxy) is 3. The van der Waals surface area contributed by atoms with Crippen LogP contribution in [-0.2, 0) is 35.1 Å². The van der Waals surface area contributed by atoms with Gasteiger partial charge >= 0.3 is 11.9 Å². The Morgan fingerprint density at radius 1 is 1.16 bits per heavy atom. The van der Waals surface area contributed by atoms with E-state index in [4.69, 9.17) is 14.2 Å². The highest BCUT2D eigenvalue weighted by Crippen LogP contribution is 2.28. The third kappa shape index (κ3) is 5.63. The lowest BCUT2D eigenvalue weighted by Crippen LogP contribution is -2.65. The highest BCUT2D eigenvalue weighted by molar-refractivity contribution is 5.73. The molecule has 1 aliphatic heterocycles. The maximum atomic E-state index is 11.8. The van der Waals surface area contributed by atoms with Crippen LogP contribution in [0.1, 0.15) is 27.7 Å². The van der Waals surface area contributed by atoms with Crippen LogP contribution < -0.4 is 5.32 Å². The van der Waals surface area contributed by atoms with Crippen LogP contribution in [0.5, 0.6) is 0 Å². The van der Waals surface area contributed by atoms with Crippen LogP contribution in [0.3, 0.4) is 0 Å².